The SMILES string of the molecule is CCCNc1ccc([N+](=O)[O-])c(OC(C)(C)C)n1. The van der Waals surface area contributed by atoms with Gasteiger partial charge in [0.25, 0.3) is 5.88 Å². The molecule has 1 heterocycles. The Morgan fingerprint density at radius 3 is 2.61 bits per heavy atom. The highest BCUT2D eigenvalue weighted by Crippen LogP contribution is 2.29. The van der Waals surface area contributed by atoms with Gasteiger partial charge in [0.2, 0.25) is 0 Å². The summed E-state index contributed by atoms with van der Waals surface area (Å²) in [7, 11) is 0. The number of nitrogens with zero attached hydrogens (tertiary/aromatic N) is 2. The minimum Gasteiger partial charge on any atom is -0.467 e. The molecule has 1 N–H and O–H groups in total. The average molecular weight is 253 g/mol. The van der Waals surface area contributed by atoms with Crippen LogP contribution in [0.5, 0.6) is 5.88 Å². The second-order valence-corrected chi connectivity index (χ2v) is 4.92. The number of rotatable bonds is 5. The molecule has 0 amide bonds. The Morgan fingerprint density at radius 1 is 1.44 bits per heavy atom. The number of aromatic nitrogens is 1. The van der Waals surface area contributed by atoms with Crippen LogP contribution >= 0.6 is 0 Å². The number of pyridine rings is 1. The standard InChI is InChI=1S/C12H19N3O3/c1-5-8-13-10-7-6-9(15(16)17)11(14-10)18-12(2,3)4/h6-7H,5,8H2,1-4H3,(H,13,14). The maximum absolute atomic E-state index is 10.9. The molecule has 1 aromatic rings. The van der Waals surface area contributed by atoms with Gasteiger partial charge in [-0.1, -0.05) is 6.92 Å². The first kappa shape index (κ1) is 14.2. The van der Waals surface area contributed by atoms with Gasteiger partial charge in [-0.2, -0.15) is 4.98 Å². The van der Waals surface area contributed by atoms with Crippen LogP contribution < -0.4 is 10.1 Å². The summed E-state index contributed by atoms with van der Waals surface area (Å²) < 4.78 is 5.52. The van der Waals surface area contributed by atoms with Crippen LogP contribution in [0.2, 0.25) is 0 Å². The van der Waals surface area contributed by atoms with E-state index in [0.29, 0.717) is 5.82 Å². The van der Waals surface area contributed by atoms with Gasteiger partial charge in [-0.15, -0.1) is 0 Å². The quantitative estimate of drug-likeness (QED) is 0.644. The molecule has 0 spiro atoms. The summed E-state index contributed by atoms with van der Waals surface area (Å²) in [5.74, 6) is 0.635. The van der Waals surface area contributed by atoms with Crippen molar-refractivity contribution in [2.75, 3.05) is 11.9 Å². The minimum atomic E-state index is -0.527. The van der Waals surface area contributed by atoms with E-state index in [1.165, 1.54) is 6.07 Å². The summed E-state index contributed by atoms with van der Waals surface area (Å²) in [6, 6.07) is 3.00. The first-order valence-electron chi connectivity index (χ1n) is 5.92. The topological polar surface area (TPSA) is 77.3 Å². The number of ether oxygens (including phenoxy) is 1. The number of nitro groups is 1. The molecule has 1 rings (SSSR count). The normalized spacial score (nSPS) is 11.1. The van der Waals surface area contributed by atoms with Crippen LogP contribution in [-0.2, 0) is 0 Å². The zero-order valence-electron chi connectivity index (χ0n) is 11.2. The lowest BCUT2D eigenvalue weighted by Gasteiger charge is -2.20. The van der Waals surface area contributed by atoms with Crippen LogP contribution in [0.3, 0.4) is 0 Å². The Morgan fingerprint density at radius 2 is 2.11 bits per heavy atom. The lowest BCUT2D eigenvalue weighted by atomic mass is 10.2. The van der Waals surface area contributed by atoms with Crippen molar-refractivity contribution in [2.24, 2.45) is 0 Å². The summed E-state index contributed by atoms with van der Waals surface area (Å²) in [5, 5.41) is 14.0. The van der Waals surface area contributed by atoms with E-state index in [1.54, 1.807) is 6.07 Å². The van der Waals surface area contributed by atoms with Gasteiger partial charge in [0, 0.05) is 12.6 Å². The first-order valence-corrected chi connectivity index (χ1v) is 5.92. The van der Waals surface area contributed by atoms with E-state index in [0.717, 1.165) is 13.0 Å². The molecule has 0 saturated heterocycles. The molecule has 18 heavy (non-hydrogen) atoms. The van der Waals surface area contributed by atoms with E-state index in [2.05, 4.69) is 10.3 Å². The number of hydrogen-bond donors (Lipinski definition) is 1. The fourth-order valence-corrected chi connectivity index (χ4v) is 1.29. The minimum absolute atomic E-state index is 0.0496. The van der Waals surface area contributed by atoms with Gasteiger partial charge in [0.15, 0.2) is 0 Å². The van der Waals surface area contributed by atoms with Crippen molar-refractivity contribution in [1.29, 1.82) is 0 Å². The third-order valence-corrected chi connectivity index (χ3v) is 2.00. The van der Waals surface area contributed by atoms with E-state index in [1.807, 2.05) is 27.7 Å². The van der Waals surface area contributed by atoms with Crippen molar-refractivity contribution in [1.82, 2.24) is 4.98 Å². The van der Waals surface area contributed by atoms with Gasteiger partial charge in [-0.3, -0.25) is 10.1 Å². The second kappa shape index (κ2) is 5.66. The number of nitrogens with one attached hydrogen (secondary N) is 1. The van der Waals surface area contributed by atoms with Crippen molar-refractivity contribution in [3.63, 3.8) is 0 Å². The summed E-state index contributed by atoms with van der Waals surface area (Å²) in [5.41, 5.74) is -0.645. The fourth-order valence-electron chi connectivity index (χ4n) is 1.29. The van der Waals surface area contributed by atoms with Crippen molar-refractivity contribution in [2.45, 2.75) is 39.7 Å². The molecule has 0 aromatic carbocycles. The third kappa shape index (κ3) is 4.20. The molecule has 0 unspecified atom stereocenters. The Labute approximate surface area is 107 Å². The van der Waals surface area contributed by atoms with Gasteiger partial charge in [-0.05, 0) is 33.3 Å². The molecule has 6 heteroatoms. The fraction of sp³-hybridized carbons (Fsp3) is 0.583. The van der Waals surface area contributed by atoms with Crippen LogP contribution in [0, 0.1) is 10.1 Å². The van der Waals surface area contributed by atoms with Crippen LogP contribution in [0.4, 0.5) is 11.5 Å². The largest absolute Gasteiger partial charge is 0.467 e. The van der Waals surface area contributed by atoms with Crippen LogP contribution in [0.15, 0.2) is 12.1 Å². The van der Waals surface area contributed by atoms with E-state index < -0.39 is 10.5 Å². The van der Waals surface area contributed by atoms with Gasteiger partial charge >= 0.3 is 5.69 Å². The summed E-state index contributed by atoms with van der Waals surface area (Å²) >= 11 is 0. The molecule has 0 aliphatic rings. The molecule has 1 aromatic heterocycles. The van der Waals surface area contributed by atoms with Gasteiger partial charge in [0.1, 0.15) is 11.4 Å². The molecular weight excluding hydrogens is 234 g/mol. The molecule has 0 saturated carbocycles. The molecule has 6 nitrogen and oxygen atoms in total. The second-order valence-electron chi connectivity index (χ2n) is 4.92. The lowest BCUT2D eigenvalue weighted by Crippen LogP contribution is -2.24. The highest BCUT2D eigenvalue weighted by molar-refractivity contribution is 5.49. The van der Waals surface area contributed by atoms with Crippen LogP contribution in [0.1, 0.15) is 34.1 Å². The maximum atomic E-state index is 10.9. The Balaban J connectivity index is 3.03. The Kier molecular flexibility index (Phi) is 4.47. The molecule has 0 aliphatic heterocycles. The highest BCUT2D eigenvalue weighted by Gasteiger charge is 2.22. The van der Waals surface area contributed by atoms with Crippen molar-refractivity contribution >= 4 is 11.5 Å². The lowest BCUT2D eigenvalue weighted by molar-refractivity contribution is -0.386. The van der Waals surface area contributed by atoms with Crippen molar-refractivity contribution in [3.8, 4) is 5.88 Å². The molecule has 0 bridgehead atoms. The van der Waals surface area contributed by atoms with Gasteiger partial charge < -0.3 is 10.1 Å². The van der Waals surface area contributed by atoms with Crippen LogP contribution in [0.25, 0.3) is 0 Å². The van der Waals surface area contributed by atoms with Crippen molar-refractivity contribution < 1.29 is 9.66 Å². The van der Waals surface area contributed by atoms with Gasteiger partial charge in [0.05, 0.1) is 4.92 Å². The predicted molar refractivity (Wildman–Crippen MR) is 70.1 cm³/mol. The van der Waals surface area contributed by atoms with E-state index in [9.17, 15) is 10.1 Å². The maximum Gasteiger partial charge on any atom is 0.331 e. The van der Waals surface area contributed by atoms with E-state index in [4.69, 9.17) is 4.74 Å². The average Bonchev–Trinajstić information content (AvgIpc) is 2.23. The zero-order chi connectivity index (χ0) is 13.8. The predicted octanol–water partition coefficient (Wildman–Crippen LogP) is 2.99. The molecule has 0 fully saturated rings. The summed E-state index contributed by atoms with van der Waals surface area (Å²) in [6.07, 6.45) is 0.953. The molecular formula is C12H19N3O3. The van der Waals surface area contributed by atoms with Crippen LogP contribution in [-0.4, -0.2) is 22.1 Å². The van der Waals surface area contributed by atoms with Gasteiger partial charge in [-0.25, -0.2) is 0 Å². The highest BCUT2D eigenvalue weighted by atomic mass is 16.6. The molecule has 0 aliphatic carbocycles. The zero-order valence-corrected chi connectivity index (χ0v) is 11.2. The Bertz CT molecular complexity index is 427. The monoisotopic (exact) mass is 253 g/mol. The molecule has 0 radical (unpaired) electrons. The molecule has 100 valence electrons. The summed E-state index contributed by atoms with van der Waals surface area (Å²) in [6.45, 7) is 8.27. The number of anilines is 1. The van der Waals surface area contributed by atoms with E-state index >= 15 is 0 Å². The first-order chi connectivity index (χ1) is 8.33. The summed E-state index contributed by atoms with van der Waals surface area (Å²) in [4.78, 5) is 14.6. The van der Waals surface area contributed by atoms with E-state index in [-0.39, 0.29) is 11.6 Å². The third-order valence-electron chi connectivity index (χ3n) is 2.00. The molecule has 0 atom stereocenters. The Hall–Kier alpha value is -1.85. The number of hydrogen-bond acceptors (Lipinski definition) is 5. The van der Waals surface area contributed by atoms with Crippen molar-refractivity contribution in [3.05, 3.63) is 22.2 Å². The smallest absolute Gasteiger partial charge is 0.331 e.